The second kappa shape index (κ2) is 8.46. The fourth-order valence-corrected chi connectivity index (χ4v) is 3.48. The molecule has 7 heteroatoms. The number of nitrogens with zero attached hydrogens (tertiary/aromatic N) is 2. The van der Waals surface area contributed by atoms with E-state index in [4.69, 9.17) is 4.74 Å². The van der Waals surface area contributed by atoms with E-state index in [9.17, 15) is 4.79 Å². The molecule has 1 heterocycles. The molecule has 3 rings (SSSR count). The summed E-state index contributed by atoms with van der Waals surface area (Å²) in [6, 6.07) is 16.4. The van der Waals surface area contributed by atoms with Gasteiger partial charge in [-0.25, -0.2) is 0 Å². The number of ether oxygens (including phenoxy) is 1. The number of hydrogen-bond donors (Lipinski definition) is 1. The molecule has 0 aliphatic rings. The van der Waals surface area contributed by atoms with Crippen molar-refractivity contribution in [2.45, 2.75) is 4.34 Å². The number of benzene rings is 2. The highest BCUT2D eigenvalue weighted by molar-refractivity contribution is 8.01. The molecule has 5 nitrogen and oxygen atoms in total. The van der Waals surface area contributed by atoms with Crippen LogP contribution in [0, 0.1) is 0 Å². The van der Waals surface area contributed by atoms with E-state index in [1.165, 1.54) is 23.1 Å². The number of para-hydroxylation sites is 2. The quantitative estimate of drug-likeness (QED) is 0.366. The molecule has 0 unspecified atom stereocenters. The van der Waals surface area contributed by atoms with Gasteiger partial charge in [0.05, 0.1) is 5.56 Å². The SMILES string of the molecule is C=CCSc1nnc(NC(=O)c2ccccc2Oc2ccccc2)s1. The van der Waals surface area contributed by atoms with Gasteiger partial charge in [-0.15, -0.1) is 16.8 Å². The van der Waals surface area contributed by atoms with Gasteiger partial charge in [0.1, 0.15) is 11.5 Å². The molecule has 0 bridgehead atoms. The molecular weight excluding hydrogens is 354 g/mol. The fraction of sp³-hybridized carbons (Fsp3) is 0.0556. The lowest BCUT2D eigenvalue weighted by Gasteiger charge is -2.10. The number of rotatable bonds is 7. The smallest absolute Gasteiger partial charge is 0.261 e. The molecule has 1 aromatic heterocycles. The molecule has 2 aromatic carbocycles. The summed E-state index contributed by atoms with van der Waals surface area (Å²) < 4.78 is 6.60. The van der Waals surface area contributed by atoms with Gasteiger partial charge in [0.25, 0.3) is 5.91 Å². The number of anilines is 1. The fourth-order valence-electron chi connectivity index (χ4n) is 1.97. The van der Waals surface area contributed by atoms with Crippen molar-refractivity contribution >= 4 is 34.1 Å². The first-order valence-electron chi connectivity index (χ1n) is 7.47. The Kier molecular flexibility index (Phi) is 5.81. The molecule has 1 N–H and O–H groups in total. The Bertz CT molecular complexity index is 866. The summed E-state index contributed by atoms with van der Waals surface area (Å²) in [7, 11) is 0. The Labute approximate surface area is 153 Å². The first-order chi connectivity index (χ1) is 12.3. The van der Waals surface area contributed by atoms with Crippen molar-refractivity contribution in [3.63, 3.8) is 0 Å². The molecule has 0 fully saturated rings. The lowest BCUT2D eigenvalue weighted by atomic mass is 10.2. The Morgan fingerprint density at radius 2 is 1.92 bits per heavy atom. The maximum Gasteiger partial charge on any atom is 0.261 e. The van der Waals surface area contributed by atoms with E-state index in [2.05, 4.69) is 22.1 Å². The van der Waals surface area contributed by atoms with Crippen molar-refractivity contribution in [2.24, 2.45) is 0 Å². The van der Waals surface area contributed by atoms with Crippen LogP contribution in [0.3, 0.4) is 0 Å². The molecule has 0 aliphatic heterocycles. The highest BCUT2D eigenvalue weighted by atomic mass is 32.2. The van der Waals surface area contributed by atoms with E-state index in [-0.39, 0.29) is 5.91 Å². The summed E-state index contributed by atoms with van der Waals surface area (Å²) in [5.41, 5.74) is 0.432. The minimum Gasteiger partial charge on any atom is -0.457 e. The zero-order valence-electron chi connectivity index (χ0n) is 13.2. The van der Waals surface area contributed by atoms with Crippen molar-refractivity contribution in [1.82, 2.24) is 10.2 Å². The van der Waals surface area contributed by atoms with E-state index in [0.717, 1.165) is 10.1 Å². The summed E-state index contributed by atoms with van der Waals surface area (Å²) in [6.07, 6.45) is 1.79. The molecule has 0 saturated heterocycles. The average Bonchev–Trinajstić information content (AvgIpc) is 3.08. The maximum atomic E-state index is 12.6. The van der Waals surface area contributed by atoms with Crippen molar-refractivity contribution in [3.05, 3.63) is 72.8 Å². The zero-order chi connectivity index (χ0) is 17.5. The predicted octanol–water partition coefficient (Wildman–Crippen LogP) is 4.86. The standard InChI is InChI=1S/C18H15N3O2S2/c1-2-12-24-18-21-20-17(25-18)19-16(22)14-10-6-7-11-15(14)23-13-8-4-3-5-9-13/h2-11H,1,12H2,(H,19,20,22). The van der Waals surface area contributed by atoms with Gasteiger partial charge in [-0.1, -0.05) is 59.5 Å². The minimum atomic E-state index is -0.289. The van der Waals surface area contributed by atoms with Crippen LogP contribution in [-0.2, 0) is 0 Å². The molecule has 0 saturated carbocycles. The summed E-state index contributed by atoms with van der Waals surface area (Å²) in [6.45, 7) is 3.67. The van der Waals surface area contributed by atoms with Crippen LogP contribution < -0.4 is 10.1 Å². The number of aromatic nitrogens is 2. The third-order valence-electron chi connectivity index (χ3n) is 3.05. The van der Waals surface area contributed by atoms with Crippen LogP contribution in [0.25, 0.3) is 0 Å². The number of carbonyl (C=O) groups is 1. The number of carbonyl (C=O) groups excluding carboxylic acids is 1. The first-order valence-corrected chi connectivity index (χ1v) is 9.27. The van der Waals surface area contributed by atoms with Gasteiger partial charge in [0.2, 0.25) is 5.13 Å². The van der Waals surface area contributed by atoms with E-state index >= 15 is 0 Å². The summed E-state index contributed by atoms with van der Waals surface area (Å²) in [5.74, 6) is 1.61. The van der Waals surface area contributed by atoms with Gasteiger partial charge in [0.15, 0.2) is 4.34 Å². The van der Waals surface area contributed by atoms with Gasteiger partial charge in [-0.05, 0) is 24.3 Å². The third-order valence-corrected chi connectivity index (χ3v) is 5.02. The zero-order valence-corrected chi connectivity index (χ0v) is 14.8. The monoisotopic (exact) mass is 369 g/mol. The lowest BCUT2D eigenvalue weighted by Crippen LogP contribution is -2.12. The molecule has 25 heavy (non-hydrogen) atoms. The van der Waals surface area contributed by atoms with Gasteiger partial charge < -0.3 is 4.74 Å². The molecule has 0 radical (unpaired) electrons. The normalized spacial score (nSPS) is 10.2. The van der Waals surface area contributed by atoms with Crippen molar-refractivity contribution < 1.29 is 9.53 Å². The number of amides is 1. The van der Waals surface area contributed by atoms with Crippen LogP contribution >= 0.6 is 23.1 Å². The number of hydrogen-bond acceptors (Lipinski definition) is 6. The van der Waals surface area contributed by atoms with Crippen LogP contribution in [0.15, 0.2) is 71.6 Å². The molecule has 3 aromatic rings. The van der Waals surface area contributed by atoms with Crippen LogP contribution in [0.5, 0.6) is 11.5 Å². The molecule has 126 valence electrons. The largest absolute Gasteiger partial charge is 0.457 e. The highest BCUT2D eigenvalue weighted by Crippen LogP contribution is 2.28. The van der Waals surface area contributed by atoms with Gasteiger partial charge in [-0.3, -0.25) is 10.1 Å². The van der Waals surface area contributed by atoms with E-state index in [1.807, 2.05) is 36.4 Å². The molecule has 0 atom stereocenters. The van der Waals surface area contributed by atoms with Crippen LogP contribution in [0.4, 0.5) is 5.13 Å². The molecule has 1 amide bonds. The van der Waals surface area contributed by atoms with Crippen molar-refractivity contribution in [3.8, 4) is 11.5 Å². The minimum absolute atomic E-state index is 0.289. The van der Waals surface area contributed by atoms with E-state index in [0.29, 0.717) is 22.2 Å². The second-order valence-electron chi connectivity index (χ2n) is 4.84. The maximum absolute atomic E-state index is 12.6. The Balaban J connectivity index is 1.74. The van der Waals surface area contributed by atoms with Crippen molar-refractivity contribution in [1.29, 1.82) is 0 Å². The number of nitrogens with one attached hydrogen (secondary N) is 1. The van der Waals surface area contributed by atoms with Crippen LogP contribution in [0.2, 0.25) is 0 Å². The predicted molar refractivity (Wildman–Crippen MR) is 102 cm³/mol. The molecule has 0 aliphatic carbocycles. The topological polar surface area (TPSA) is 64.1 Å². The first kappa shape index (κ1) is 17.2. The van der Waals surface area contributed by atoms with Gasteiger partial charge in [-0.2, -0.15) is 0 Å². The van der Waals surface area contributed by atoms with Crippen LogP contribution in [0.1, 0.15) is 10.4 Å². The Hall–Kier alpha value is -2.64. The summed E-state index contributed by atoms with van der Waals surface area (Å²) in [4.78, 5) is 12.6. The number of thioether (sulfide) groups is 1. The second-order valence-corrected chi connectivity index (χ2v) is 7.08. The summed E-state index contributed by atoms with van der Waals surface area (Å²) >= 11 is 2.85. The van der Waals surface area contributed by atoms with Crippen LogP contribution in [-0.4, -0.2) is 21.9 Å². The van der Waals surface area contributed by atoms with Crippen molar-refractivity contribution in [2.75, 3.05) is 11.1 Å². The lowest BCUT2D eigenvalue weighted by molar-refractivity contribution is 0.102. The Morgan fingerprint density at radius 1 is 1.16 bits per heavy atom. The third kappa shape index (κ3) is 4.68. The van der Waals surface area contributed by atoms with E-state index < -0.39 is 0 Å². The Morgan fingerprint density at radius 3 is 2.72 bits per heavy atom. The van der Waals surface area contributed by atoms with Gasteiger partial charge in [0, 0.05) is 5.75 Å². The highest BCUT2D eigenvalue weighted by Gasteiger charge is 2.15. The average molecular weight is 369 g/mol. The molecular formula is C18H15N3O2S2. The molecule has 0 spiro atoms. The van der Waals surface area contributed by atoms with Gasteiger partial charge >= 0.3 is 0 Å². The summed E-state index contributed by atoms with van der Waals surface area (Å²) in [5, 5.41) is 11.2. The van der Waals surface area contributed by atoms with E-state index in [1.54, 1.807) is 24.3 Å².